The molecule has 6 heteroatoms. The van der Waals surface area contributed by atoms with Crippen molar-refractivity contribution >= 4 is 5.97 Å². The Balaban J connectivity index is 2.11. The van der Waals surface area contributed by atoms with E-state index in [-0.39, 0.29) is 17.9 Å². The number of hydrogen-bond acceptors (Lipinski definition) is 4. The Kier molecular flexibility index (Phi) is 3.27. The van der Waals surface area contributed by atoms with Crippen LogP contribution in [0.4, 0.5) is 4.39 Å². The van der Waals surface area contributed by atoms with Crippen LogP contribution in [-0.4, -0.2) is 16.2 Å². The molecule has 18 heavy (non-hydrogen) atoms. The minimum atomic E-state index is -1.21. The molecule has 94 valence electrons. The molecule has 1 heterocycles. The standard InChI is InChI=1S/C12H10FNO4/c1-7-2-11(18-14-7)6-17-10-4-8(12(15)16)3-9(13)5-10/h2-5H,6H2,1H3,(H,15,16). The van der Waals surface area contributed by atoms with E-state index in [9.17, 15) is 9.18 Å². The highest BCUT2D eigenvalue weighted by Crippen LogP contribution is 2.18. The molecule has 1 N–H and O–H groups in total. The summed E-state index contributed by atoms with van der Waals surface area (Å²) in [5.41, 5.74) is 0.540. The van der Waals surface area contributed by atoms with E-state index >= 15 is 0 Å². The normalized spacial score (nSPS) is 10.3. The maximum Gasteiger partial charge on any atom is 0.335 e. The summed E-state index contributed by atoms with van der Waals surface area (Å²) in [6, 6.07) is 4.95. The second-order valence-corrected chi connectivity index (χ2v) is 3.70. The number of aromatic carboxylic acids is 1. The third kappa shape index (κ3) is 2.85. The zero-order valence-corrected chi connectivity index (χ0v) is 9.51. The SMILES string of the molecule is Cc1cc(COc2cc(F)cc(C(=O)O)c2)on1. The van der Waals surface area contributed by atoms with Crippen molar-refractivity contribution in [3.05, 3.63) is 47.1 Å². The van der Waals surface area contributed by atoms with E-state index in [1.807, 2.05) is 0 Å². The Bertz CT molecular complexity index is 579. The topological polar surface area (TPSA) is 72.6 Å². The third-order valence-corrected chi connectivity index (χ3v) is 2.18. The first-order valence-corrected chi connectivity index (χ1v) is 5.13. The number of rotatable bonds is 4. The summed E-state index contributed by atoms with van der Waals surface area (Å²) in [7, 11) is 0. The van der Waals surface area contributed by atoms with Crippen LogP contribution >= 0.6 is 0 Å². The minimum Gasteiger partial charge on any atom is -0.485 e. The maximum atomic E-state index is 13.1. The Hall–Kier alpha value is -2.37. The molecule has 0 bridgehead atoms. The number of ether oxygens (including phenoxy) is 1. The number of halogens is 1. The van der Waals surface area contributed by atoms with E-state index in [0.29, 0.717) is 11.5 Å². The number of carboxylic acid groups (broad SMARTS) is 1. The maximum absolute atomic E-state index is 13.1. The van der Waals surface area contributed by atoms with Gasteiger partial charge in [0.2, 0.25) is 0 Å². The lowest BCUT2D eigenvalue weighted by molar-refractivity contribution is 0.0695. The highest BCUT2D eigenvalue weighted by Gasteiger charge is 2.09. The van der Waals surface area contributed by atoms with E-state index < -0.39 is 11.8 Å². The number of benzene rings is 1. The van der Waals surface area contributed by atoms with Gasteiger partial charge in [-0.15, -0.1) is 0 Å². The fourth-order valence-electron chi connectivity index (χ4n) is 1.41. The number of nitrogens with zero attached hydrogens (tertiary/aromatic N) is 1. The molecule has 0 spiro atoms. The van der Waals surface area contributed by atoms with Gasteiger partial charge in [-0.05, 0) is 19.1 Å². The monoisotopic (exact) mass is 251 g/mol. The Morgan fingerprint density at radius 1 is 1.44 bits per heavy atom. The van der Waals surface area contributed by atoms with Crippen LogP contribution in [-0.2, 0) is 6.61 Å². The van der Waals surface area contributed by atoms with E-state index in [0.717, 1.165) is 12.1 Å². The molecule has 1 aromatic heterocycles. The lowest BCUT2D eigenvalue weighted by atomic mass is 10.2. The molecule has 2 rings (SSSR count). The van der Waals surface area contributed by atoms with E-state index in [1.54, 1.807) is 13.0 Å². The molecule has 0 saturated heterocycles. The van der Waals surface area contributed by atoms with Crippen LogP contribution in [0.3, 0.4) is 0 Å². The Morgan fingerprint density at radius 2 is 2.22 bits per heavy atom. The van der Waals surface area contributed by atoms with Crippen molar-refractivity contribution in [2.75, 3.05) is 0 Å². The average molecular weight is 251 g/mol. The molecule has 0 aliphatic heterocycles. The average Bonchev–Trinajstić information content (AvgIpc) is 2.72. The molecule has 0 aliphatic rings. The molecule has 5 nitrogen and oxygen atoms in total. The number of carboxylic acids is 1. The molecule has 0 aliphatic carbocycles. The predicted octanol–water partition coefficient (Wildman–Crippen LogP) is 2.40. The molecule has 0 unspecified atom stereocenters. The van der Waals surface area contributed by atoms with Crippen molar-refractivity contribution in [1.82, 2.24) is 5.16 Å². The molecule has 0 amide bonds. The second kappa shape index (κ2) is 4.87. The first-order chi connectivity index (χ1) is 8.54. The second-order valence-electron chi connectivity index (χ2n) is 3.70. The van der Waals surface area contributed by atoms with Crippen LogP contribution in [0.25, 0.3) is 0 Å². The van der Waals surface area contributed by atoms with E-state index in [1.165, 1.54) is 6.07 Å². The molecule has 2 aromatic rings. The highest BCUT2D eigenvalue weighted by atomic mass is 19.1. The summed E-state index contributed by atoms with van der Waals surface area (Å²) < 4.78 is 23.3. The first-order valence-electron chi connectivity index (χ1n) is 5.13. The van der Waals surface area contributed by atoms with E-state index in [4.69, 9.17) is 14.4 Å². The van der Waals surface area contributed by atoms with Gasteiger partial charge < -0.3 is 14.4 Å². The number of hydrogen-bond donors (Lipinski definition) is 1. The van der Waals surface area contributed by atoms with Crippen molar-refractivity contribution in [2.24, 2.45) is 0 Å². The minimum absolute atomic E-state index is 0.0589. The molecule has 1 aromatic carbocycles. The van der Waals surface area contributed by atoms with Crippen LogP contribution in [0.1, 0.15) is 21.8 Å². The van der Waals surface area contributed by atoms with Crippen LogP contribution in [0.15, 0.2) is 28.8 Å². The van der Waals surface area contributed by atoms with Gasteiger partial charge in [-0.2, -0.15) is 0 Å². The van der Waals surface area contributed by atoms with Gasteiger partial charge in [0.1, 0.15) is 18.2 Å². The molecule has 0 atom stereocenters. The summed E-state index contributed by atoms with van der Waals surface area (Å²) in [5.74, 6) is -1.27. The summed E-state index contributed by atoms with van der Waals surface area (Å²) in [6.07, 6.45) is 0. The molecule has 0 saturated carbocycles. The van der Waals surface area contributed by atoms with Crippen LogP contribution < -0.4 is 4.74 Å². The van der Waals surface area contributed by atoms with Crippen molar-refractivity contribution in [3.8, 4) is 5.75 Å². The third-order valence-electron chi connectivity index (χ3n) is 2.18. The molecular formula is C12H10FNO4. The quantitative estimate of drug-likeness (QED) is 0.903. The fraction of sp³-hybridized carbons (Fsp3) is 0.167. The number of aryl methyl sites for hydroxylation is 1. The molecule has 0 radical (unpaired) electrons. The van der Waals surface area contributed by atoms with Gasteiger partial charge in [-0.3, -0.25) is 0 Å². The zero-order chi connectivity index (χ0) is 13.1. The predicted molar refractivity (Wildman–Crippen MR) is 58.9 cm³/mol. The number of aromatic nitrogens is 1. The van der Waals surface area contributed by atoms with Gasteiger partial charge >= 0.3 is 5.97 Å². The summed E-state index contributed by atoms with van der Waals surface area (Å²) >= 11 is 0. The van der Waals surface area contributed by atoms with Crippen LogP contribution in [0.5, 0.6) is 5.75 Å². The van der Waals surface area contributed by atoms with Gasteiger partial charge in [0.05, 0.1) is 11.3 Å². The van der Waals surface area contributed by atoms with Gasteiger partial charge in [0.15, 0.2) is 5.76 Å². The smallest absolute Gasteiger partial charge is 0.335 e. The van der Waals surface area contributed by atoms with Crippen molar-refractivity contribution in [2.45, 2.75) is 13.5 Å². The van der Waals surface area contributed by atoms with Crippen LogP contribution in [0, 0.1) is 12.7 Å². The molecule has 0 fully saturated rings. The fourth-order valence-corrected chi connectivity index (χ4v) is 1.41. The summed E-state index contributed by atoms with van der Waals surface area (Å²) in [4.78, 5) is 10.7. The highest BCUT2D eigenvalue weighted by molar-refractivity contribution is 5.88. The number of carbonyl (C=O) groups is 1. The summed E-state index contributed by atoms with van der Waals surface area (Å²) in [5, 5.41) is 12.4. The summed E-state index contributed by atoms with van der Waals surface area (Å²) in [6.45, 7) is 1.82. The largest absolute Gasteiger partial charge is 0.485 e. The van der Waals surface area contributed by atoms with E-state index in [2.05, 4.69) is 5.16 Å². The Labute approximate surface area is 102 Å². The Morgan fingerprint density at radius 3 is 2.83 bits per heavy atom. The molecular weight excluding hydrogens is 241 g/mol. The first kappa shape index (κ1) is 12.1. The van der Waals surface area contributed by atoms with Crippen molar-refractivity contribution in [1.29, 1.82) is 0 Å². The van der Waals surface area contributed by atoms with Crippen molar-refractivity contribution < 1.29 is 23.6 Å². The zero-order valence-electron chi connectivity index (χ0n) is 9.51. The van der Waals surface area contributed by atoms with Gasteiger partial charge in [-0.1, -0.05) is 5.16 Å². The van der Waals surface area contributed by atoms with Gasteiger partial charge in [0.25, 0.3) is 0 Å². The van der Waals surface area contributed by atoms with Gasteiger partial charge in [-0.25, -0.2) is 9.18 Å². The van der Waals surface area contributed by atoms with Gasteiger partial charge in [0, 0.05) is 12.1 Å². The van der Waals surface area contributed by atoms with Crippen molar-refractivity contribution in [3.63, 3.8) is 0 Å². The van der Waals surface area contributed by atoms with Crippen LogP contribution in [0.2, 0.25) is 0 Å². The lowest BCUT2D eigenvalue weighted by Crippen LogP contribution is -2.00. The lowest BCUT2D eigenvalue weighted by Gasteiger charge is -2.05.